The fourth-order valence-corrected chi connectivity index (χ4v) is 4.24. The molecule has 29 heavy (non-hydrogen) atoms. The lowest BCUT2D eigenvalue weighted by molar-refractivity contribution is -0.160. The van der Waals surface area contributed by atoms with Crippen LogP contribution in [0.1, 0.15) is 37.3 Å². The zero-order valence-electron chi connectivity index (χ0n) is 17.4. The molecule has 1 fully saturated rings. The summed E-state index contributed by atoms with van der Waals surface area (Å²) in [4.78, 5) is 15.3. The highest BCUT2D eigenvalue weighted by atomic mass is 16.5. The summed E-state index contributed by atoms with van der Waals surface area (Å²) < 4.78 is 10.6. The molecule has 2 aromatic carbocycles. The Morgan fingerprint density at radius 2 is 1.97 bits per heavy atom. The molecule has 2 aromatic rings. The molecule has 0 spiro atoms. The SMILES string of the molecule is CCOC(=O)[C@@]1(CCc2ccccc2)CCCN(Cc2ccc(OC)c(O)c2)C1. The largest absolute Gasteiger partial charge is 0.504 e. The van der Waals surface area contributed by atoms with Crippen molar-refractivity contribution in [1.29, 1.82) is 0 Å². The van der Waals surface area contributed by atoms with E-state index >= 15 is 0 Å². The van der Waals surface area contributed by atoms with Crippen molar-refractivity contribution < 1.29 is 19.4 Å². The molecule has 3 rings (SSSR count). The van der Waals surface area contributed by atoms with Crippen LogP contribution in [0.3, 0.4) is 0 Å². The number of ether oxygens (including phenoxy) is 2. The molecule has 0 aliphatic carbocycles. The van der Waals surface area contributed by atoms with Gasteiger partial charge in [-0.2, -0.15) is 0 Å². The zero-order valence-corrected chi connectivity index (χ0v) is 17.4. The van der Waals surface area contributed by atoms with Crippen LogP contribution in [0.15, 0.2) is 48.5 Å². The molecule has 1 saturated heterocycles. The van der Waals surface area contributed by atoms with Gasteiger partial charge in [-0.25, -0.2) is 0 Å². The van der Waals surface area contributed by atoms with Gasteiger partial charge < -0.3 is 14.6 Å². The fraction of sp³-hybridized carbons (Fsp3) is 0.458. The number of rotatable bonds is 8. The Hall–Kier alpha value is -2.53. The summed E-state index contributed by atoms with van der Waals surface area (Å²) in [6.07, 6.45) is 3.44. The second kappa shape index (κ2) is 9.79. The lowest BCUT2D eigenvalue weighted by Gasteiger charge is -2.41. The minimum absolute atomic E-state index is 0.0850. The molecule has 1 aliphatic rings. The van der Waals surface area contributed by atoms with Crippen LogP contribution in [0.4, 0.5) is 0 Å². The van der Waals surface area contributed by atoms with Crippen molar-refractivity contribution in [2.45, 2.75) is 39.2 Å². The van der Waals surface area contributed by atoms with Crippen LogP contribution < -0.4 is 4.74 Å². The average molecular weight is 398 g/mol. The summed E-state index contributed by atoms with van der Waals surface area (Å²) in [7, 11) is 1.54. The molecule has 0 amide bonds. The third-order valence-electron chi connectivity index (χ3n) is 5.75. The van der Waals surface area contributed by atoms with E-state index in [1.807, 2.05) is 31.2 Å². The lowest BCUT2D eigenvalue weighted by Crippen LogP contribution is -2.48. The van der Waals surface area contributed by atoms with Crippen molar-refractivity contribution in [3.63, 3.8) is 0 Å². The molecule has 5 heteroatoms. The second-order valence-electron chi connectivity index (χ2n) is 7.81. The van der Waals surface area contributed by atoms with Crippen molar-refractivity contribution in [1.82, 2.24) is 4.90 Å². The number of methoxy groups -OCH3 is 1. The molecule has 0 aromatic heterocycles. The van der Waals surface area contributed by atoms with Crippen molar-refractivity contribution >= 4 is 5.97 Å². The van der Waals surface area contributed by atoms with Gasteiger partial charge in [-0.1, -0.05) is 36.4 Å². The normalized spacial score (nSPS) is 19.7. The second-order valence-corrected chi connectivity index (χ2v) is 7.81. The van der Waals surface area contributed by atoms with E-state index in [1.54, 1.807) is 19.2 Å². The van der Waals surface area contributed by atoms with Crippen LogP contribution in [-0.2, 0) is 22.5 Å². The van der Waals surface area contributed by atoms with Crippen LogP contribution in [-0.4, -0.2) is 42.8 Å². The zero-order chi connectivity index (χ0) is 20.7. The third-order valence-corrected chi connectivity index (χ3v) is 5.75. The van der Waals surface area contributed by atoms with Gasteiger partial charge in [0.25, 0.3) is 0 Å². The van der Waals surface area contributed by atoms with E-state index in [-0.39, 0.29) is 11.7 Å². The highest BCUT2D eigenvalue weighted by Gasteiger charge is 2.43. The molecule has 1 atom stereocenters. The summed E-state index contributed by atoms with van der Waals surface area (Å²) in [5, 5.41) is 10.1. The van der Waals surface area contributed by atoms with E-state index in [1.165, 1.54) is 5.56 Å². The number of phenolic OH excluding ortho intramolecular Hbond substituents is 1. The van der Waals surface area contributed by atoms with Gasteiger partial charge in [0.15, 0.2) is 11.5 Å². The molecule has 1 aliphatic heterocycles. The summed E-state index contributed by atoms with van der Waals surface area (Å²) in [6.45, 7) is 4.55. The number of piperidine rings is 1. The van der Waals surface area contributed by atoms with Crippen LogP contribution in [0.5, 0.6) is 11.5 Å². The number of likely N-dealkylation sites (tertiary alicyclic amines) is 1. The van der Waals surface area contributed by atoms with Crippen molar-refractivity contribution in [3.05, 3.63) is 59.7 Å². The number of esters is 1. The maximum Gasteiger partial charge on any atom is 0.313 e. The van der Waals surface area contributed by atoms with Gasteiger partial charge >= 0.3 is 5.97 Å². The molecule has 156 valence electrons. The van der Waals surface area contributed by atoms with Gasteiger partial charge in [0.1, 0.15) is 0 Å². The van der Waals surface area contributed by atoms with E-state index in [9.17, 15) is 9.90 Å². The van der Waals surface area contributed by atoms with E-state index in [4.69, 9.17) is 9.47 Å². The number of phenols is 1. The van der Waals surface area contributed by atoms with Gasteiger partial charge in [0.2, 0.25) is 0 Å². The number of hydrogen-bond acceptors (Lipinski definition) is 5. The molecule has 0 unspecified atom stereocenters. The first-order valence-corrected chi connectivity index (χ1v) is 10.4. The van der Waals surface area contributed by atoms with E-state index in [0.717, 1.165) is 37.8 Å². The molecule has 1 heterocycles. The van der Waals surface area contributed by atoms with Gasteiger partial charge in [-0.15, -0.1) is 0 Å². The summed E-state index contributed by atoms with van der Waals surface area (Å²) in [6, 6.07) is 15.8. The minimum atomic E-state index is -0.487. The van der Waals surface area contributed by atoms with E-state index < -0.39 is 5.41 Å². The topological polar surface area (TPSA) is 59.0 Å². The molecule has 0 radical (unpaired) electrons. The summed E-state index contributed by atoms with van der Waals surface area (Å²) in [5.41, 5.74) is 1.76. The van der Waals surface area contributed by atoms with Gasteiger partial charge in [-0.3, -0.25) is 9.69 Å². The Morgan fingerprint density at radius 1 is 1.17 bits per heavy atom. The first-order chi connectivity index (χ1) is 14.1. The van der Waals surface area contributed by atoms with Crippen molar-refractivity contribution in [3.8, 4) is 11.5 Å². The first-order valence-electron chi connectivity index (χ1n) is 10.4. The Bertz CT molecular complexity index is 808. The number of hydrogen-bond donors (Lipinski definition) is 1. The number of nitrogens with zero attached hydrogens (tertiary/aromatic N) is 1. The van der Waals surface area contributed by atoms with E-state index in [0.29, 0.717) is 25.4 Å². The van der Waals surface area contributed by atoms with Crippen molar-refractivity contribution in [2.75, 3.05) is 26.8 Å². The maximum atomic E-state index is 13.0. The highest BCUT2D eigenvalue weighted by molar-refractivity contribution is 5.77. The number of aryl methyl sites for hydroxylation is 1. The van der Waals surface area contributed by atoms with Crippen LogP contribution in [0.2, 0.25) is 0 Å². The molecular formula is C24H31NO4. The van der Waals surface area contributed by atoms with Crippen LogP contribution >= 0.6 is 0 Å². The molecule has 5 nitrogen and oxygen atoms in total. The predicted molar refractivity (Wildman–Crippen MR) is 113 cm³/mol. The molecule has 1 N–H and O–H groups in total. The minimum Gasteiger partial charge on any atom is -0.504 e. The molecule has 0 bridgehead atoms. The Balaban J connectivity index is 1.74. The standard InChI is InChI=1S/C24H31NO4/c1-3-29-23(27)24(14-12-19-8-5-4-6-9-19)13-7-15-25(18-24)17-20-10-11-22(28-2)21(26)16-20/h4-6,8-11,16,26H,3,7,12-15,17-18H2,1-2H3/t24-/m1/s1. The first kappa shape index (κ1) is 21.2. The summed E-state index contributed by atoms with van der Waals surface area (Å²) in [5.74, 6) is 0.525. The highest BCUT2D eigenvalue weighted by Crippen LogP contribution is 2.37. The molecular weight excluding hydrogens is 366 g/mol. The Morgan fingerprint density at radius 3 is 2.66 bits per heavy atom. The number of benzene rings is 2. The average Bonchev–Trinajstić information content (AvgIpc) is 2.74. The fourth-order valence-electron chi connectivity index (χ4n) is 4.24. The van der Waals surface area contributed by atoms with Crippen LogP contribution in [0.25, 0.3) is 0 Å². The number of aromatic hydroxyl groups is 1. The quantitative estimate of drug-likeness (QED) is 0.677. The van der Waals surface area contributed by atoms with Crippen LogP contribution in [0, 0.1) is 5.41 Å². The lowest BCUT2D eigenvalue weighted by atomic mass is 9.75. The summed E-state index contributed by atoms with van der Waals surface area (Å²) >= 11 is 0. The van der Waals surface area contributed by atoms with E-state index in [2.05, 4.69) is 17.0 Å². The Labute approximate surface area is 173 Å². The predicted octanol–water partition coefficient (Wildman–Crippen LogP) is 4.18. The monoisotopic (exact) mass is 397 g/mol. The smallest absolute Gasteiger partial charge is 0.313 e. The van der Waals surface area contributed by atoms with Gasteiger partial charge in [0, 0.05) is 13.1 Å². The van der Waals surface area contributed by atoms with Gasteiger partial charge in [0.05, 0.1) is 19.1 Å². The number of carbonyl (C=O) groups excluding carboxylic acids is 1. The third kappa shape index (κ3) is 5.30. The van der Waals surface area contributed by atoms with Gasteiger partial charge in [-0.05, 0) is 62.4 Å². The molecule has 0 saturated carbocycles. The Kier molecular flexibility index (Phi) is 7.15. The van der Waals surface area contributed by atoms with Crippen molar-refractivity contribution in [2.24, 2.45) is 5.41 Å². The maximum absolute atomic E-state index is 13.0. The number of carbonyl (C=O) groups is 1.